The quantitative estimate of drug-likeness (QED) is 0.912. The van der Waals surface area contributed by atoms with Crippen molar-refractivity contribution < 1.29 is 0 Å². The summed E-state index contributed by atoms with van der Waals surface area (Å²) in [7, 11) is 0. The number of rotatable bonds is 5. The van der Waals surface area contributed by atoms with Crippen LogP contribution in [0.1, 0.15) is 32.3 Å². The van der Waals surface area contributed by atoms with Crippen LogP contribution in [0.2, 0.25) is 0 Å². The average Bonchev–Trinajstić information content (AvgIpc) is 2.62. The van der Waals surface area contributed by atoms with Crippen LogP contribution in [0.15, 0.2) is 36.7 Å². The van der Waals surface area contributed by atoms with Crippen molar-refractivity contribution >= 4 is 17.3 Å². The van der Waals surface area contributed by atoms with Crippen molar-refractivity contribution in [3.05, 3.63) is 42.2 Å². The highest BCUT2D eigenvalue weighted by atomic mass is 15.3. The fraction of sp³-hybridized carbons (Fsp3) is 0.474. The number of hydrogen-bond donors (Lipinski definition) is 1. The van der Waals surface area contributed by atoms with E-state index in [2.05, 4.69) is 70.1 Å². The Kier molecular flexibility index (Phi) is 5.30. The second-order valence-electron chi connectivity index (χ2n) is 6.58. The Hall–Kier alpha value is -2.14. The number of piperazine rings is 1. The molecule has 128 valence electrons. The first-order chi connectivity index (χ1) is 11.7. The smallest absolute Gasteiger partial charge is 0.135 e. The molecule has 24 heavy (non-hydrogen) atoms. The number of hydrogen-bond acceptors (Lipinski definition) is 5. The van der Waals surface area contributed by atoms with E-state index < -0.39 is 0 Å². The molecule has 1 aliphatic rings. The van der Waals surface area contributed by atoms with E-state index in [4.69, 9.17) is 0 Å². The highest BCUT2D eigenvalue weighted by Crippen LogP contribution is 2.22. The molecule has 1 aliphatic heterocycles. The van der Waals surface area contributed by atoms with Gasteiger partial charge in [-0.1, -0.05) is 32.9 Å². The van der Waals surface area contributed by atoms with E-state index in [9.17, 15) is 0 Å². The molecule has 5 heteroatoms. The summed E-state index contributed by atoms with van der Waals surface area (Å²) in [6.07, 6.45) is 1.65. The fourth-order valence-corrected chi connectivity index (χ4v) is 2.98. The zero-order chi connectivity index (χ0) is 16.9. The molecule has 0 spiro atoms. The Balaban J connectivity index is 1.67. The number of nitrogens with zero attached hydrogens (tertiary/aromatic N) is 4. The number of anilines is 3. The summed E-state index contributed by atoms with van der Waals surface area (Å²) in [6, 6.07) is 10.6. The van der Waals surface area contributed by atoms with E-state index in [1.54, 1.807) is 6.33 Å². The standard InChI is InChI=1S/C19H27N5/c1-4-23-9-11-24(12-10-23)19-13-18(20-14-21-19)22-17-7-5-16(6-8-17)15(2)3/h5-8,13-15H,4,9-12H2,1-3H3,(H,20,21,22). The van der Waals surface area contributed by atoms with E-state index in [1.807, 2.05) is 6.07 Å². The molecule has 0 saturated carbocycles. The van der Waals surface area contributed by atoms with Crippen LogP contribution < -0.4 is 10.2 Å². The molecule has 0 amide bonds. The maximum atomic E-state index is 4.45. The van der Waals surface area contributed by atoms with E-state index >= 15 is 0 Å². The summed E-state index contributed by atoms with van der Waals surface area (Å²) in [5.41, 5.74) is 2.40. The van der Waals surface area contributed by atoms with Crippen LogP contribution in [-0.2, 0) is 0 Å². The van der Waals surface area contributed by atoms with Gasteiger partial charge in [-0.25, -0.2) is 9.97 Å². The van der Waals surface area contributed by atoms with Gasteiger partial charge in [-0.3, -0.25) is 0 Å². The Bertz CT molecular complexity index is 645. The van der Waals surface area contributed by atoms with Crippen LogP contribution in [0.25, 0.3) is 0 Å². The zero-order valence-electron chi connectivity index (χ0n) is 14.9. The molecule has 0 atom stereocenters. The van der Waals surface area contributed by atoms with E-state index in [1.165, 1.54) is 5.56 Å². The molecule has 0 radical (unpaired) electrons. The molecule has 1 aromatic heterocycles. The number of benzene rings is 1. The van der Waals surface area contributed by atoms with Gasteiger partial charge in [0.25, 0.3) is 0 Å². The minimum absolute atomic E-state index is 0.548. The van der Waals surface area contributed by atoms with Crippen molar-refractivity contribution in [1.82, 2.24) is 14.9 Å². The summed E-state index contributed by atoms with van der Waals surface area (Å²) < 4.78 is 0. The normalized spacial score (nSPS) is 15.8. The van der Waals surface area contributed by atoms with Gasteiger partial charge in [-0.15, -0.1) is 0 Å². The Labute approximate surface area is 144 Å². The van der Waals surface area contributed by atoms with Gasteiger partial charge < -0.3 is 15.1 Å². The average molecular weight is 325 g/mol. The van der Waals surface area contributed by atoms with Gasteiger partial charge in [-0.2, -0.15) is 0 Å². The predicted octanol–water partition coefficient (Wildman–Crippen LogP) is 3.49. The predicted molar refractivity (Wildman–Crippen MR) is 100 cm³/mol. The van der Waals surface area contributed by atoms with E-state index in [-0.39, 0.29) is 0 Å². The SMILES string of the molecule is CCN1CCN(c2cc(Nc3ccc(C(C)C)cc3)ncn2)CC1. The second-order valence-corrected chi connectivity index (χ2v) is 6.58. The molecule has 1 aromatic carbocycles. The molecule has 3 rings (SSSR count). The zero-order valence-corrected chi connectivity index (χ0v) is 14.9. The van der Waals surface area contributed by atoms with Gasteiger partial charge in [-0.05, 0) is 30.2 Å². The highest BCUT2D eigenvalue weighted by molar-refractivity contribution is 5.59. The van der Waals surface area contributed by atoms with Crippen molar-refractivity contribution in [2.75, 3.05) is 42.9 Å². The van der Waals surface area contributed by atoms with Crippen LogP contribution in [0.5, 0.6) is 0 Å². The monoisotopic (exact) mass is 325 g/mol. The first-order valence-electron chi connectivity index (χ1n) is 8.82. The Morgan fingerprint density at radius 2 is 1.75 bits per heavy atom. The maximum Gasteiger partial charge on any atom is 0.135 e. The number of likely N-dealkylation sites (N-methyl/N-ethyl adjacent to an activating group) is 1. The maximum absolute atomic E-state index is 4.45. The first kappa shape index (κ1) is 16.7. The molecular formula is C19H27N5. The van der Waals surface area contributed by atoms with Crippen LogP contribution >= 0.6 is 0 Å². The molecule has 0 unspecified atom stereocenters. The number of aromatic nitrogens is 2. The third-order valence-corrected chi connectivity index (χ3v) is 4.65. The van der Waals surface area contributed by atoms with Gasteiger partial charge in [0.1, 0.15) is 18.0 Å². The van der Waals surface area contributed by atoms with Crippen LogP contribution in [0.4, 0.5) is 17.3 Å². The minimum atomic E-state index is 0.548. The van der Waals surface area contributed by atoms with Gasteiger partial charge in [0.05, 0.1) is 0 Å². The van der Waals surface area contributed by atoms with Crippen molar-refractivity contribution in [3.63, 3.8) is 0 Å². The van der Waals surface area contributed by atoms with Crippen molar-refractivity contribution in [2.24, 2.45) is 0 Å². The molecule has 5 nitrogen and oxygen atoms in total. The van der Waals surface area contributed by atoms with E-state index in [0.717, 1.165) is 50.0 Å². The molecule has 0 aliphatic carbocycles. The molecule has 1 N–H and O–H groups in total. The lowest BCUT2D eigenvalue weighted by molar-refractivity contribution is 0.270. The lowest BCUT2D eigenvalue weighted by atomic mass is 10.0. The molecule has 1 fully saturated rings. The molecule has 0 bridgehead atoms. The van der Waals surface area contributed by atoms with Gasteiger partial charge in [0.15, 0.2) is 0 Å². The van der Waals surface area contributed by atoms with Crippen molar-refractivity contribution in [1.29, 1.82) is 0 Å². The van der Waals surface area contributed by atoms with Gasteiger partial charge in [0, 0.05) is 37.9 Å². The van der Waals surface area contributed by atoms with Gasteiger partial charge in [0.2, 0.25) is 0 Å². The Morgan fingerprint density at radius 3 is 2.38 bits per heavy atom. The molecule has 1 saturated heterocycles. The lowest BCUT2D eigenvalue weighted by Crippen LogP contribution is -2.46. The molecular weight excluding hydrogens is 298 g/mol. The summed E-state index contributed by atoms with van der Waals surface area (Å²) in [6.45, 7) is 12.0. The van der Waals surface area contributed by atoms with Crippen molar-refractivity contribution in [2.45, 2.75) is 26.7 Å². The molecule has 2 heterocycles. The third kappa shape index (κ3) is 4.03. The summed E-state index contributed by atoms with van der Waals surface area (Å²) in [5, 5.41) is 3.38. The Morgan fingerprint density at radius 1 is 1.04 bits per heavy atom. The lowest BCUT2D eigenvalue weighted by Gasteiger charge is -2.34. The van der Waals surface area contributed by atoms with Crippen molar-refractivity contribution in [3.8, 4) is 0 Å². The fourth-order valence-electron chi connectivity index (χ4n) is 2.98. The highest BCUT2D eigenvalue weighted by Gasteiger charge is 2.17. The summed E-state index contributed by atoms with van der Waals surface area (Å²) >= 11 is 0. The second kappa shape index (κ2) is 7.62. The topological polar surface area (TPSA) is 44.3 Å². The summed E-state index contributed by atoms with van der Waals surface area (Å²) in [5.74, 6) is 2.39. The van der Waals surface area contributed by atoms with Gasteiger partial charge >= 0.3 is 0 Å². The largest absolute Gasteiger partial charge is 0.354 e. The van der Waals surface area contributed by atoms with Crippen LogP contribution in [0, 0.1) is 0 Å². The summed E-state index contributed by atoms with van der Waals surface area (Å²) in [4.78, 5) is 13.6. The first-order valence-corrected chi connectivity index (χ1v) is 8.82. The van der Waals surface area contributed by atoms with E-state index in [0.29, 0.717) is 5.92 Å². The van der Waals surface area contributed by atoms with Crippen LogP contribution in [-0.4, -0.2) is 47.6 Å². The minimum Gasteiger partial charge on any atom is -0.354 e. The molecule has 2 aromatic rings. The third-order valence-electron chi connectivity index (χ3n) is 4.65. The number of nitrogens with one attached hydrogen (secondary N) is 1. The van der Waals surface area contributed by atoms with Crippen LogP contribution in [0.3, 0.4) is 0 Å².